The van der Waals surface area contributed by atoms with Crippen LogP contribution in [0.4, 0.5) is 10.5 Å². The predicted molar refractivity (Wildman–Crippen MR) is 71.9 cm³/mol. The molecule has 0 saturated heterocycles. The molecule has 1 atom stereocenters. The molecule has 0 radical (unpaired) electrons. The van der Waals surface area contributed by atoms with Crippen molar-refractivity contribution in [1.29, 1.82) is 0 Å². The molecule has 0 aromatic heterocycles. The molecule has 1 aromatic rings. The predicted octanol–water partition coefficient (Wildman–Crippen LogP) is 2.14. The molecular weight excluding hydrogens is 262 g/mol. The molecule has 0 saturated carbocycles. The number of aromatic hydroxyl groups is 1. The minimum atomic E-state index is -1.11. The number of carbonyl (C=O) groups is 2. The Labute approximate surface area is 116 Å². The first-order valence-corrected chi connectivity index (χ1v) is 6.26. The van der Waals surface area contributed by atoms with Crippen molar-refractivity contribution in [2.45, 2.75) is 38.8 Å². The third kappa shape index (κ3) is 2.68. The average Bonchev–Trinajstić information content (AvgIpc) is 2.65. The minimum Gasteiger partial charge on any atom is -0.508 e. The van der Waals surface area contributed by atoms with E-state index in [1.807, 2.05) is 0 Å². The Balaban J connectivity index is 2.39. The van der Waals surface area contributed by atoms with Gasteiger partial charge in [0.1, 0.15) is 17.4 Å². The summed E-state index contributed by atoms with van der Waals surface area (Å²) in [6.45, 7) is 5.13. The van der Waals surface area contributed by atoms with E-state index >= 15 is 0 Å². The SMILES string of the molecule is CC(C)(C)OC(=O)N1c2cc(O)ccc2CC1C(=O)O. The van der Waals surface area contributed by atoms with E-state index in [4.69, 9.17) is 4.74 Å². The molecule has 108 valence electrons. The van der Waals surface area contributed by atoms with Crippen LogP contribution in [0.2, 0.25) is 0 Å². The molecule has 0 fully saturated rings. The highest BCUT2D eigenvalue weighted by molar-refractivity contribution is 5.98. The van der Waals surface area contributed by atoms with E-state index in [9.17, 15) is 19.8 Å². The van der Waals surface area contributed by atoms with Gasteiger partial charge in [-0.15, -0.1) is 0 Å². The van der Waals surface area contributed by atoms with Gasteiger partial charge in [-0.25, -0.2) is 9.59 Å². The van der Waals surface area contributed by atoms with Crippen molar-refractivity contribution in [1.82, 2.24) is 0 Å². The molecule has 0 aliphatic carbocycles. The van der Waals surface area contributed by atoms with Crippen LogP contribution in [0.3, 0.4) is 0 Å². The standard InChI is InChI=1S/C14H17NO5/c1-14(2,3)20-13(19)15-10-7-9(16)5-4-8(10)6-11(15)12(17)18/h4-5,7,11,16H,6H2,1-3H3,(H,17,18). The number of hydrogen-bond acceptors (Lipinski definition) is 4. The van der Waals surface area contributed by atoms with E-state index < -0.39 is 23.7 Å². The fourth-order valence-electron chi connectivity index (χ4n) is 2.15. The van der Waals surface area contributed by atoms with Gasteiger partial charge in [0.25, 0.3) is 0 Å². The van der Waals surface area contributed by atoms with Crippen molar-refractivity contribution < 1.29 is 24.5 Å². The molecule has 20 heavy (non-hydrogen) atoms. The van der Waals surface area contributed by atoms with E-state index in [0.29, 0.717) is 11.3 Å². The van der Waals surface area contributed by atoms with Gasteiger partial charge in [-0.2, -0.15) is 0 Å². The number of amides is 1. The van der Waals surface area contributed by atoms with Crippen LogP contribution in [0.25, 0.3) is 0 Å². The third-order valence-corrected chi connectivity index (χ3v) is 2.93. The average molecular weight is 279 g/mol. The number of anilines is 1. The fourth-order valence-corrected chi connectivity index (χ4v) is 2.15. The van der Waals surface area contributed by atoms with Crippen molar-refractivity contribution in [2.75, 3.05) is 4.90 Å². The molecule has 1 unspecified atom stereocenters. The van der Waals surface area contributed by atoms with Gasteiger partial charge in [-0.05, 0) is 32.4 Å². The monoisotopic (exact) mass is 279 g/mol. The lowest BCUT2D eigenvalue weighted by Gasteiger charge is -2.27. The second-order valence-corrected chi connectivity index (χ2v) is 5.72. The fraction of sp³-hybridized carbons (Fsp3) is 0.429. The molecule has 1 aliphatic heterocycles. The second kappa shape index (κ2) is 4.70. The summed E-state index contributed by atoms with van der Waals surface area (Å²) in [6, 6.07) is 3.45. The number of carboxylic acid groups (broad SMARTS) is 1. The molecule has 6 nitrogen and oxygen atoms in total. The maximum absolute atomic E-state index is 12.2. The summed E-state index contributed by atoms with van der Waals surface area (Å²) < 4.78 is 5.24. The van der Waals surface area contributed by atoms with Crippen molar-refractivity contribution in [3.63, 3.8) is 0 Å². The first-order valence-electron chi connectivity index (χ1n) is 6.26. The molecule has 1 heterocycles. The second-order valence-electron chi connectivity index (χ2n) is 5.72. The van der Waals surface area contributed by atoms with Crippen LogP contribution in [-0.4, -0.2) is 33.9 Å². The van der Waals surface area contributed by atoms with Crippen LogP contribution in [0, 0.1) is 0 Å². The number of phenols is 1. The molecule has 0 bridgehead atoms. The normalized spacial score (nSPS) is 17.8. The number of rotatable bonds is 1. The van der Waals surface area contributed by atoms with E-state index in [1.165, 1.54) is 12.1 Å². The molecule has 2 N–H and O–H groups in total. The summed E-state index contributed by atoms with van der Waals surface area (Å²) in [5.41, 5.74) is 0.354. The zero-order chi connectivity index (χ0) is 15.1. The highest BCUT2D eigenvalue weighted by Crippen LogP contribution is 2.36. The van der Waals surface area contributed by atoms with Crippen molar-refractivity contribution in [3.05, 3.63) is 23.8 Å². The summed E-state index contributed by atoms with van der Waals surface area (Å²) in [5.74, 6) is -1.13. The number of benzene rings is 1. The van der Waals surface area contributed by atoms with Crippen LogP contribution < -0.4 is 4.90 Å². The molecule has 0 spiro atoms. The zero-order valence-electron chi connectivity index (χ0n) is 11.6. The Morgan fingerprint density at radius 3 is 2.55 bits per heavy atom. The Morgan fingerprint density at radius 2 is 2.00 bits per heavy atom. The molecular formula is C14H17NO5. The number of aliphatic carboxylic acids is 1. The molecule has 1 aliphatic rings. The zero-order valence-corrected chi connectivity index (χ0v) is 11.6. The van der Waals surface area contributed by atoms with E-state index in [-0.39, 0.29) is 12.2 Å². The van der Waals surface area contributed by atoms with Crippen molar-refractivity contribution >= 4 is 17.7 Å². The topological polar surface area (TPSA) is 87.1 Å². The van der Waals surface area contributed by atoms with Crippen LogP contribution in [0.15, 0.2) is 18.2 Å². The van der Waals surface area contributed by atoms with Crippen molar-refractivity contribution in [3.8, 4) is 5.75 Å². The number of carboxylic acids is 1. The minimum absolute atomic E-state index is 0.0247. The van der Waals surface area contributed by atoms with Gasteiger partial charge in [0, 0.05) is 12.5 Å². The van der Waals surface area contributed by atoms with Gasteiger partial charge < -0.3 is 14.9 Å². The number of nitrogens with zero attached hydrogens (tertiary/aromatic N) is 1. The Morgan fingerprint density at radius 1 is 1.35 bits per heavy atom. The number of ether oxygens (including phenoxy) is 1. The Kier molecular flexibility index (Phi) is 3.33. The molecule has 6 heteroatoms. The maximum atomic E-state index is 12.2. The first kappa shape index (κ1) is 14.2. The van der Waals surface area contributed by atoms with Gasteiger partial charge >= 0.3 is 12.1 Å². The van der Waals surface area contributed by atoms with E-state index in [2.05, 4.69) is 0 Å². The molecule has 1 aromatic carbocycles. The van der Waals surface area contributed by atoms with Crippen LogP contribution in [-0.2, 0) is 16.0 Å². The summed E-state index contributed by atoms with van der Waals surface area (Å²) in [5, 5.41) is 18.8. The van der Waals surface area contributed by atoms with Crippen LogP contribution >= 0.6 is 0 Å². The molecule has 2 rings (SSSR count). The number of fused-ring (bicyclic) bond motifs is 1. The third-order valence-electron chi connectivity index (χ3n) is 2.93. The largest absolute Gasteiger partial charge is 0.508 e. The number of carbonyl (C=O) groups excluding carboxylic acids is 1. The van der Waals surface area contributed by atoms with Gasteiger partial charge in [0.05, 0.1) is 5.69 Å². The highest BCUT2D eigenvalue weighted by atomic mass is 16.6. The Hall–Kier alpha value is -2.24. The highest BCUT2D eigenvalue weighted by Gasteiger charge is 2.40. The Bertz CT molecular complexity index is 561. The lowest BCUT2D eigenvalue weighted by Crippen LogP contribution is -2.45. The summed E-state index contributed by atoms with van der Waals surface area (Å²) >= 11 is 0. The number of hydrogen-bond donors (Lipinski definition) is 2. The summed E-state index contributed by atoms with van der Waals surface area (Å²) in [7, 11) is 0. The van der Waals surface area contributed by atoms with Gasteiger partial charge in [-0.3, -0.25) is 4.90 Å². The quantitative estimate of drug-likeness (QED) is 0.822. The number of phenolic OH excluding ortho intramolecular Hbond substituents is 1. The van der Waals surface area contributed by atoms with Crippen molar-refractivity contribution in [2.24, 2.45) is 0 Å². The van der Waals surface area contributed by atoms with Crippen LogP contribution in [0.1, 0.15) is 26.3 Å². The maximum Gasteiger partial charge on any atom is 0.415 e. The van der Waals surface area contributed by atoms with Gasteiger partial charge in [-0.1, -0.05) is 6.07 Å². The lowest BCUT2D eigenvalue weighted by molar-refractivity contribution is -0.138. The first-order chi connectivity index (χ1) is 9.19. The summed E-state index contributed by atoms with van der Waals surface area (Å²) in [4.78, 5) is 24.6. The van der Waals surface area contributed by atoms with E-state index in [1.54, 1.807) is 26.8 Å². The lowest BCUT2D eigenvalue weighted by atomic mass is 10.1. The smallest absolute Gasteiger partial charge is 0.415 e. The van der Waals surface area contributed by atoms with Crippen LogP contribution in [0.5, 0.6) is 5.75 Å². The summed E-state index contributed by atoms with van der Waals surface area (Å²) in [6.07, 6.45) is -0.529. The molecule has 1 amide bonds. The van der Waals surface area contributed by atoms with Gasteiger partial charge in [0.2, 0.25) is 0 Å². The van der Waals surface area contributed by atoms with Gasteiger partial charge in [0.15, 0.2) is 0 Å². The van der Waals surface area contributed by atoms with E-state index in [0.717, 1.165) is 4.90 Å².